The summed E-state index contributed by atoms with van der Waals surface area (Å²) in [5.41, 5.74) is 2.90. The van der Waals surface area contributed by atoms with Crippen LogP contribution in [0.5, 0.6) is 5.75 Å². The van der Waals surface area contributed by atoms with Crippen LogP contribution in [0.3, 0.4) is 0 Å². The standard InChI is InChI=1S/C17H11OS.3C4H9.Sn/c1-4-8-17-12(5-1)9-14(19-17)10-13-11-18-16-7-3-2-6-15(13)16;3*1-3-4-2;/h1-9H,11H2;3*1,3-4H2,2H3;. The van der Waals surface area contributed by atoms with Gasteiger partial charge in [-0.05, 0) is 0 Å². The molecule has 0 amide bonds. The van der Waals surface area contributed by atoms with Crippen molar-refractivity contribution in [3.63, 3.8) is 0 Å². The molecule has 1 nitrogen and oxygen atoms in total. The van der Waals surface area contributed by atoms with E-state index in [1.807, 2.05) is 11.3 Å². The van der Waals surface area contributed by atoms with Crippen molar-refractivity contribution in [3.05, 3.63) is 65.0 Å². The van der Waals surface area contributed by atoms with Gasteiger partial charge < -0.3 is 0 Å². The molecule has 2 heterocycles. The summed E-state index contributed by atoms with van der Waals surface area (Å²) in [4.78, 5) is 1.56. The van der Waals surface area contributed by atoms with Crippen molar-refractivity contribution in [2.75, 3.05) is 6.61 Å². The molecular weight excluding hydrogens is 515 g/mol. The van der Waals surface area contributed by atoms with Crippen molar-refractivity contribution in [1.29, 1.82) is 0 Å². The predicted molar refractivity (Wildman–Crippen MR) is 145 cm³/mol. The van der Waals surface area contributed by atoms with E-state index in [-0.39, 0.29) is 0 Å². The Bertz CT molecular complexity index is 1010. The minimum absolute atomic E-state index is 0.756. The Hall–Kier alpha value is -1.26. The molecule has 0 fully saturated rings. The van der Waals surface area contributed by atoms with Gasteiger partial charge in [0.1, 0.15) is 0 Å². The summed E-state index contributed by atoms with van der Waals surface area (Å²) in [6.07, 6.45) is 8.06. The van der Waals surface area contributed by atoms with Gasteiger partial charge in [0.15, 0.2) is 0 Å². The molecule has 0 saturated heterocycles. The SMILES string of the molecule is CCC[CH2][Sn]([CH2]CCC)([CH2]CCC)/[C](=C1/COc2ccccc21)c1cc2ccccc2s1. The maximum atomic E-state index is 6.28. The van der Waals surface area contributed by atoms with E-state index in [2.05, 4.69) is 75.4 Å². The first-order valence-corrected chi connectivity index (χ1v) is 21.0. The van der Waals surface area contributed by atoms with Crippen molar-refractivity contribution >= 4 is 49.0 Å². The number of hydrogen-bond acceptors (Lipinski definition) is 2. The maximum absolute atomic E-state index is 6.28. The summed E-state index contributed by atoms with van der Waals surface area (Å²) in [6, 6.07) is 20.2. The normalized spacial score (nSPS) is 15.1. The number of fused-ring (bicyclic) bond motifs is 2. The van der Waals surface area contributed by atoms with Gasteiger partial charge in [-0.3, -0.25) is 0 Å². The molecule has 3 aromatic rings. The Balaban J connectivity index is 1.96. The zero-order valence-corrected chi connectivity index (χ0v) is 23.8. The number of hydrogen-bond donors (Lipinski definition) is 0. The summed E-state index contributed by atoms with van der Waals surface area (Å²) in [5, 5.41) is 1.40. The van der Waals surface area contributed by atoms with Crippen molar-refractivity contribution in [3.8, 4) is 5.75 Å². The molecule has 1 aliphatic heterocycles. The second kappa shape index (κ2) is 11.2. The van der Waals surface area contributed by atoms with Gasteiger partial charge in [0.05, 0.1) is 0 Å². The van der Waals surface area contributed by atoms with Crippen LogP contribution in [-0.4, -0.2) is 25.0 Å². The molecule has 0 radical (unpaired) electrons. The van der Waals surface area contributed by atoms with Crippen LogP contribution in [0, 0.1) is 0 Å². The van der Waals surface area contributed by atoms with Crippen LogP contribution in [-0.2, 0) is 0 Å². The number of ether oxygens (including phenoxy) is 1. The molecule has 0 N–H and O–H groups in total. The number of rotatable bonds is 11. The Labute approximate surface area is 202 Å². The first kappa shape index (κ1) is 23.9. The van der Waals surface area contributed by atoms with Crippen LogP contribution < -0.4 is 4.74 Å². The number of para-hydroxylation sites is 1. The fourth-order valence-electron chi connectivity index (χ4n) is 5.41. The molecule has 0 bridgehead atoms. The van der Waals surface area contributed by atoms with E-state index in [1.165, 1.54) is 73.1 Å². The van der Waals surface area contributed by atoms with E-state index in [0.717, 1.165) is 12.4 Å². The fourth-order valence-corrected chi connectivity index (χ4v) is 25.6. The molecule has 0 atom stereocenters. The number of thiophene rings is 1. The molecule has 1 aliphatic rings. The zero-order valence-electron chi connectivity index (χ0n) is 20.1. The number of unbranched alkanes of at least 4 members (excludes halogenated alkanes) is 3. The van der Waals surface area contributed by atoms with Gasteiger partial charge in [0.2, 0.25) is 0 Å². The molecule has 0 unspecified atom stereocenters. The molecule has 2 aromatic carbocycles. The molecule has 170 valence electrons. The summed E-state index contributed by atoms with van der Waals surface area (Å²) in [7, 11) is 0. The topological polar surface area (TPSA) is 9.23 Å². The van der Waals surface area contributed by atoms with E-state index >= 15 is 0 Å². The molecule has 3 heteroatoms. The van der Waals surface area contributed by atoms with E-state index in [9.17, 15) is 0 Å². The third-order valence-electron chi connectivity index (χ3n) is 7.11. The van der Waals surface area contributed by atoms with Crippen molar-refractivity contribution in [2.45, 2.75) is 72.6 Å². The molecule has 1 aromatic heterocycles. The van der Waals surface area contributed by atoms with E-state index < -0.39 is 18.4 Å². The van der Waals surface area contributed by atoms with Gasteiger partial charge in [-0.25, -0.2) is 0 Å². The number of benzene rings is 2. The average Bonchev–Trinajstić information content (AvgIpc) is 3.44. The van der Waals surface area contributed by atoms with Crippen molar-refractivity contribution < 1.29 is 4.74 Å². The van der Waals surface area contributed by atoms with Gasteiger partial charge in [0.25, 0.3) is 0 Å². The molecular formula is C29H38OSSn. The third kappa shape index (κ3) is 4.96. The minimum atomic E-state index is -2.71. The first-order chi connectivity index (χ1) is 15.7. The quantitative estimate of drug-likeness (QED) is 0.215. The summed E-state index contributed by atoms with van der Waals surface area (Å²) in [6.45, 7) is 7.87. The van der Waals surface area contributed by atoms with E-state index in [4.69, 9.17) is 4.74 Å². The van der Waals surface area contributed by atoms with Gasteiger partial charge in [0, 0.05) is 0 Å². The van der Waals surface area contributed by atoms with Crippen LogP contribution >= 0.6 is 11.3 Å². The van der Waals surface area contributed by atoms with Gasteiger partial charge in [-0.1, -0.05) is 0 Å². The van der Waals surface area contributed by atoms with Gasteiger partial charge in [-0.2, -0.15) is 0 Å². The van der Waals surface area contributed by atoms with Crippen LogP contribution in [0.2, 0.25) is 13.3 Å². The van der Waals surface area contributed by atoms with Crippen LogP contribution in [0.25, 0.3) is 19.2 Å². The Morgan fingerprint density at radius 2 is 1.47 bits per heavy atom. The summed E-state index contributed by atoms with van der Waals surface area (Å²) in [5.74, 6) is 1.09. The second-order valence-corrected chi connectivity index (χ2v) is 23.5. The van der Waals surface area contributed by atoms with Crippen molar-refractivity contribution in [2.24, 2.45) is 0 Å². The average molecular weight is 553 g/mol. The van der Waals surface area contributed by atoms with E-state index in [0.29, 0.717) is 0 Å². The van der Waals surface area contributed by atoms with Gasteiger partial charge >= 0.3 is 204 Å². The Morgan fingerprint density at radius 3 is 2.12 bits per heavy atom. The fraction of sp³-hybridized carbons (Fsp3) is 0.448. The molecule has 32 heavy (non-hydrogen) atoms. The van der Waals surface area contributed by atoms with Gasteiger partial charge in [-0.15, -0.1) is 0 Å². The second-order valence-electron chi connectivity index (χ2n) is 9.38. The summed E-state index contributed by atoms with van der Waals surface area (Å²) < 4.78 is 14.0. The predicted octanol–water partition coefficient (Wildman–Crippen LogP) is 9.59. The Morgan fingerprint density at radius 1 is 0.844 bits per heavy atom. The molecule has 0 aliphatic carbocycles. The van der Waals surface area contributed by atoms with E-state index in [1.54, 1.807) is 8.47 Å². The van der Waals surface area contributed by atoms with Crippen LogP contribution in [0.1, 0.15) is 69.7 Å². The third-order valence-corrected chi connectivity index (χ3v) is 24.6. The van der Waals surface area contributed by atoms with Crippen LogP contribution in [0.4, 0.5) is 0 Å². The molecule has 0 spiro atoms. The van der Waals surface area contributed by atoms with Crippen LogP contribution in [0.15, 0.2) is 54.6 Å². The zero-order chi connectivity index (χ0) is 22.4. The monoisotopic (exact) mass is 554 g/mol. The summed E-state index contributed by atoms with van der Waals surface area (Å²) >= 11 is -0.673. The first-order valence-electron chi connectivity index (χ1n) is 12.7. The Kier molecular flexibility index (Phi) is 8.39. The molecule has 4 rings (SSSR count). The van der Waals surface area contributed by atoms with Crippen molar-refractivity contribution in [1.82, 2.24) is 0 Å². The molecule has 0 saturated carbocycles.